The summed E-state index contributed by atoms with van der Waals surface area (Å²) in [5.74, 6) is -0.304. The Morgan fingerprint density at radius 1 is 1.20 bits per heavy atom. The number of nitrogens with zero attached hydrogens (tertiary/aromatic N) is 2. The summed E-state index contributed by atoms with van der Waals surface area (Å²) < 4.78 is 2.07. The first kappa shape index (κ1) is 20.5. The predicted octanol–water partition coefficient (Wildman–Crippen LogP) is 5.96. The topological polar surface area (TPSA) is 57.8 Å². The first-order valence-corrected chi connectivity index (χ1v) is 10.7. The molecule has 2 aromatic carbocycles. The normalized spacial score (nSPS) is 14.8. The molecule has 30 heavy (non-hydrogen) atoms. The van der Waals surface area contributed by atoms with Gasteiger partial charge in [-0.25, -0.2) is 0 Å². The molecule has 0 saturated heterocycles. The van der Waals surface area contributed by atoms with Gasteiger partial charge in [-0.3, -0.25) is 4.79 Å². The third-order valence-corrected chi connectivity index (χ3v) is 6.12. The van der Waals surface area contributed by atoms with E-state index in [-0.39, 0.29) is 17.5 Å². The molecule has 1 aliphatic rings. The lowest BCUT2D eigenvalue weighted by Crippen LogP contribution is -2.33. The minimum atomic E-state index is -0.304. The number of benzene rings is 2. The number of para-hydroxylation sites is 1. The first-order valence-electron chi connectivity index (χ1n) is 9.99. The molecule has 0 spiro atoms. The van der Waals surface area contributed by atoms with Gasteiger partial charge in [-0.05, 0) is 42.7 Å². The van der Waals surface area contributed by atoms with Crippen LogP contribution in [-0.4, -0.2) is 16.5 Å². The van der Waals surface area contributed by atoms with E-state index in [1.165, 1.54) is 0 Å². The second-order valence-corrected chi connectivity index (χ2v) is 8.43. The smallest absolute Gasteiger partial charge is 0.262 e. The van der Waals surface area contributed by atoms with Crippen molar-refractivity contribution in [1.29, 1.82) is 5.26 Å². The molecule has 0 bridgehead atoms. The molecule has 1 fully saturated rings. The number of hydrogen-bond donors (Lipinski definition) is 1. The molecule has 1 aromatic heterocycles. The van der Waals surface area contributed by atoms with Gasteiger partial charge in [0.25, 0.3) is 5.91 Å². The Labute approximate surface area is 185 Å². The molecule has 3 aromatic rings. The molecule has 152 valence electrons. The van der Waals surface area contributed by atoms with Crippen molar-refractivity contribution < 1.29 is 4.79 Å². The molecule has 1 saturated carbocycles. The zero-order valence-electron chi connectivity index (χ0n) is 16.4. The summed E-state index contributed by atoms with van der Waals surface area (Å²) in [6, 6.07) is 15.6. The molecule has 0 atom stereocenters. The highest BCUT2D eigenvalue weighted by Crippen LogP contribution is 2.27. The summed E-state index contributed by atoms with van der Waals surface area (Å²) in [6.45, 7) is 0.556. The van der Waals surface area contributed by atoms with Crippen LogP contribution in [0.4, 0.5) is 0 Å². The van der Waals surface area contributed by atoms with Crippen LogP contribution in [0, 0.1) is 11.3 Å². The summed E-state index contributed by atoms with van der Waals surface area (Å²) >= 11 is 12.4. The van der Waals surface area contributed by atoms with E-state index in [4.69, 9.17) is 23.2 Å². The molecule has 1 amide bonds. The van der Waals surface area contributed by atoms with Crippen molar-refractivity contribution in [1.82, 2.24) is 9.88 Å². The van der Waals surface area contributed by atoms with Crippen LogP contribution in [-0.2, 0) is 11.3 Å². The zero-order chi connectivity index (χ0) is 21.1. The van der Waals surface area contributed by atoms with E-state index in [9.17, 15) is 10.1 Å². The van der Waals surface area contributed by atoms with Gasteiger partial charge in [0, 0.05) is 45.3 Å². The maximum Gasteiger partial charge on any atom is 0.262 e. The fraction of sp³-hybridized carbons (Fsp3) is 0.250. The molecule has 1 heterocycles. The van der Waals surface area contributed by atoms with E-state index in [1.807, 2.05) is 42.6 Å². The maximum absolute atomic E-state index is 12.6. The fourth-order valence-electron chi connectivity index (χ4n) is 3.99. The predicted molar refractivity (Wildman–Crippen MR) is 121 cm³/mol. The monoisotopic (exact) mass is 437 g/mol. The second-order valence-electron chi connectivity index (χ2n) is 7.59. The van der Waals surface area contributed by atoms with E-state index in [2.05, 4.69) is 16.0 Å². The Balaban J connectivity index is 1.68. The SMILES string of the molecule is N#C/C(=C/c1cn(Cc2ccc(Cl)cc2Cl)c2ccccc12)C(=O)NC1CCCC1. The van der Waals surface area contributed by atoms with E-state index < -0.39 is 0 Å². The van der Waals surface area contributed by atoms with E-state index in [0.29, 0.717) is 16.6 Å². The number of rotatable bonds is 5. The summed E-state index contributed by atoms with van der Waals surface area (Å²) in [7, 11) is 0. The number of hydrogen-bond acceptors (Lipinski definition) is 2. The summed E-state index contributed by atoms with van der Waals surface area (Å²) in [5.41, 5.74) is 2.89. The van der Waals surface area contributed by atoms with Crippen LogP contribution < -0.4 is 5.32 Å². The van der Waals surface area contributed by atoms with Crippen molar-refractivity contribution in [2.45, 2.75) is 38.3 Å². The lowest BCUT2D eigenvalue weighted by Gasteiger charge is -2.10. The van der Waals surface area contributed by atoms with Crippen molar-refractivity contribution in [3.63, 3.8) is 0 Å². The van der Waals surface area contributed by atoms with Crippen molar-refractivity contribution in [3.05, 3.63) is 75.4 Å². The molecule has 4 nitrogen and oxygen atoms in total. The Morgan fingerprint density at radius 2 is 1.97 bits per heavy atom. The molecular formula is C24H21Cl2N3O. The van der Waals surface area contributed by atoms with Crippen LogP contribution in [0.5, 0.6) is 0 Å². The maximum atomic E-state index is 12.6. The van der Waals surface area contributed by atoms with Gasteiger partial charge in [0.2, 0.25) is 0 Å². The highest BCUT2D eigenvalue weighted by Gasteiger charge is 2.20. The van der Waals surface area contributed by atoms with Crippen LogP contribution in [0.25, 0.3) is 17.0 Å². The lowest BCUT2D eigenvalue weighted by molar-refractivity contribution is -0.117. The number of amides is 1. The third kappa shape index (κ3) is 4.38. The zero-order valence-corrected chi connectivity index (χ0v) is 17.9. The van der Waals surface area contributed by atoms with Crippen LogP contribution >= 0.6 is 23.2 Å². The average molecular weight is 438 g/mol. The van der Waals surface area contributed by atoms with E-state index >= 15 is 0 Å². The number of carbonyl (C=O) groups is 1. The van der Waals surface area contributed by atoms with Gasteiger partial charge in [-0.2, -0.15) is 5.26 Å². The first-order chi connectivity index (χ1) is 14.5. The number of fused-ring (bicyclic) bond motifs is 1. The molecule has 0 radical (unpaired) electrons. The Morgan fingerprint density at radius 3 is 2.70 bits per heavy atom. The third-order valence-electron chi connectivity index (χ3n) is 5.53. The van der Waals surface area contributed by atoms with E-state index in [0.717, 1.165) is 47.7 Å². The van der Waals surface area contributed by atoms with Gasteiger partial charge in [-0.15, -0.1) is 0 Å². The van der Waals surface area contributed by atoms with E-state index in [1.54, 1.807) is 12.1 Å². The van der Waals surface area contributed by atoms with Crippen LogP contribution in [0.2, 0.25) is 10.0 Å². The highest BCUT2D eigenvalue weighted by molar-refractivity contribution is 6.35. The van der Waals surface area contributed by atoms with Crippen LogP contribution in [0.15, 0.2) is 54.2 Å². The van der Waals surface area contributed by atoms with Crippen molar-refractivity contribution in [2.75, 3.05) is 0 Å². The van der Waals surface area contributed by atoms with Crippen molar-refractivity contribution in [2.24, 2.45) is 0 Å². The van der Waals surface area contributed by atoms with Crippen LogP contribution in [0.3, 0.4) is 0 Å². The van der Waals surface area contributed by atoms with Gasteiger partial charge in [0.15, 0.2) is 0 Å². The second kappa shape index (κ2) is 8.95. The minimum Gasteiger partial charge on any atom is -0.349 e. The van der Waals surface area contributed by atoms with Gasteiger partial charge in [0.1, 0.15) is 11.6 Å². The Kier molecular flexibility index (Phi) is 6.13. The lowest BCUT2D eigenvalue weighted by atomic mass is 10.1. The number of carbonyl (C=O) groups excluding carboxylic acids is 1. The Hall–Kier alpha value is -2.74. The van der Waals surface area contributed by atoms with Gasteiger partial charge >= 0.3 is 0 Å². The molecule has 1 N–H and O–H groups in total. The van der Waals surface area contributed by atoms with Gasteiger partial charge in [-0.1, -0.05) is 60.3 Å². The summed E-state index contributed by atoms with van der Waals surface area (Å²) in [5, 5.41) is 14.8. The van der Waals surface area contributed by atoms with Crippen LogP contribution in [0.1, 0.15) is 36.8 Å². The molecule has 4 rings (SSSR count). The molecule has 1 aliphatic carbocycles. The quantitative estimate of drug-likeness (QED) is 0.395. The standard InChI is InChI=1S/C24H21Cl2N3O/c25-19-10-9-16(22(26)12-19)14-29-15-18(21-7-3-4-8-23(21)29)11-17(13-27)24(30)28-20-5-1-2-6-20/h3-4,7-12,15,20H,1-2,5-6,14H2,(H,28,30)/b17-11-. The molecule has 6 heteroatoms. The largest absolute Gasteiger partial charge is 0.349 e. The van der Waals surface area contributed by atoms with Gasteiger partial charge in [0.05, 0.1) is 0 Å². The average Bonchev–Trinajstić information content (AvgIpc) is 3.36. The summed E-state index contributed by atoms with van der Waals surface area (Å²) in [6.07, 6.45) is 7.83. The van der Waals surface area contributed by atoms with Gasteiger partial charge < -0.3 is 9.88 Å². The van der Waals surface area contributed by atoms with Crippen molar-refractivity contribution >= 4 is 46.1 Å². The number of nitrogens with one attached hydrogen (secondary N) is 1. The molecule has 0 aliphatic heterocycles. The summed E-state index contributed by atoms with van der Waals surface area (Å²) in [4.78, 5) is 12.6. The minimum absolute atomic E-state index is 0.120. The number of halogens is 2. The fourth-order valence-corrected chi connectivity index (χ4v) is 4.46. The molecule has 0 unspecified atom stereocenters. The van der Waals surface area contributed by atoms with Crippen molar-refractivity contribution in [3.8, 4) is 6.07 Å². The molecular weight excluding hydrogens is 417 g/mol. The highest BCUT2D eigenvalue weighted by atomic mass is 35.5. The number of nitriles is 1. The number of aromatic nitrogens is 1. The Bertz CT molecular complexity index is 1170.